The molecule has 0 spiro atoms. The zero-order valence-electron chi connectivity index (χ0n) is 18.0. The highest BCUT2D eigenvalue weighted by Crippen LogP contribution is 2.30. The lowest BCUT2D eigenvalue weighted by molar-refractivity contribution is 0.0699. The van der Waals surface area contributed by atoms with Crippen LogP contribution in [0.5, 0.6) is 0 Å². The number of aryl methyl sites for hydroxylation is 2. The van der Waals surface area contributed by atoms with Gasteiger partial charge in [-0.15, -0.1) is 0 Å². The van der Waals surface area contributed by atoms with Crippen molar-refractivity contribution in [3.8, 4) is 0 Å². The molecule has 4 aromatic rings. The standard InChI is InChI=1S/C24H23ClN4O3/c1-14-9-20(21-15(2)28-32-23(21)27-14)24(30)29-8-4-6-17(13-29)22-26-12-19(31-22)11-16-5-3-7-18(25)10-16/h3,5,7,9-10,12,17H,4,6,8,11,13H2,1-2H3/t17-/m1/s1. The molecule has 164 valence electrons. The summed E-state index contributed by atoms with van der Waals surface area (Å²) >= 11 is 6.09. The minimum Gasteiger partial charge on any atom is -0.445 e. The van der Waals surface area contributed by atoms with E-state index in [-0.39, 0.29) is 11.8 Å². The van der Waals surface area contributed by atoms with Crippen LogP contribution >= 0.6 is 11.6 Å². The van der Waals surface area contributed by atoms with Gasteiger partial charge < -0.3 is 13.8 Å². The third-order valence-electron chi connectivity index (χ3n) is 5.87. The molecule has 0 saturated carbocycles. The number of carbonyl (C=O) groups excluding carboxylic acids is 1. The van der Waals surface area contributed by atoms with Crippen molar-refractivity contribution in [2.45, 2.75) is 39.0 Å². The van der Waals surface area contributed by atoms with Crippen LogP contribution < -0.4 is 0 Å². The Hall–Kier alpha value is -3.19. The van der Waals surface area contributed by atoms with Crippen molar-refractivity contribution in [1.82, 2.24) is 20.0 Å². The summed E-state index contributed by atoms with van der Waals surface area (Å²) in [4.78, 5) is 24.2. The van der Waals surface area contributed by atoms with E-state index in [0.29, 0.717) is 52.8 Å². The van der Waals surface area contributed by atoms with E-state index in [0.717, 1.165) is 29.9 Å². The molecule has 4 heterocycles. The number of carbonyl (C=O) groups is 1. The summed E-state index contributed by atoms with van der Waals surface area (Å²) in [6, 6.07) is 9.53. The van der Waals surface area contributed by atoms with Crippen LogP contribution in [0, 0.1) is 13.8 Å². The lowest BCUT2D eigenvalue weighted by Gasteiger charge is -2.31. The Morgan fingerprint density at radius 3 is 3.00 bits per heavy atom. The topological polar surface area (TPSA) is 85.3 Å². The molecule has 0 N–H and O–H groups in total. The zero-order chi connectivity index (χ0) is 22.2. The van der Waals surface area contributed by atoms with Crippen molar-refractivity contribution in [3.05, 3.63) is 75.7 Å². The molecule has 0 bridgehead atoms. The molecular formula is C24H23ClN4O3. The molecule has 1 aliphatic heterocycles. The number of hydrogen-bond donors (Lipinski definition) is 0. The molecule has 1 fully saturated rings. The van der Waals surface area contributed by atoms with E-state index < -0.39 is 0 Å². The third kappa shape index (κ3) is 4.00. The van der Waals surface area contributed by atoms with Crippen LogP contribution in [-0.2, 0) is 6.42 Å². The van der Waals surface area contributed by atoms with Gasteiger partial charge in [-0.2, -0.15) is 0 Å². The van der Waals surface area contributed by atoms with Gasteiger partial charge >= 0.3 is 0 Å². The van der Waals surface area contributed by atoms with Crippen molar-refractivity contribution in [2.24, 2.45) is 0 Å². The number of hydrogen-bond acceptors (Lipinski definition) is 6. The molecule has 5 rings (SSSR count). The molecule has 0 unspecified atom stereocenters. The van der Waals surface area contributed by atoms with Gasteiger partial charge in [0.1, 0.15) is 5.76 Å². The van der Waals surface area contributed by atoms with Gasteiger partial charge in [-0.3, -0.25) is 4.79 Å². The van der Waals surface area contributed by atoms with Crippen molar-refractivity contribution in [2.75, 3.05) is 13.1 Å². The number of pyridine rings is 1. The van der Waals surface area contributed by atoms with Crippen LogP contribution in [0.15, 0.2) is 45.5 Å². The molecule has 32 heavy (non-hydrogen) atoms. The van der Waals surface area contributed by atoms with Crippen molar-refractivity contribution in [1.29, 1.82) is 0 Å². The Labute approximate surface area is 190 Å². The lowest BCUT2D eigenvalue weighted by atomic mass is 9.97. The Morgan fingerprint density at radius 2 is 2.16 bits per heavy atom. The predicted molar refractivity (Wildman–Crippen MR) is 120 cm³/mol. The summed E-state index contributed by atoms with van der Waals surface area (Å²) in [5.74, 6) is 1.49. The SMILES string of the molecule is Cc1cc(C(=O)N2CCC[C@@H](c3ncc(Cc4cccc(Cl)c4)o3)C2)c2c(C)noc2n1. The number of piperidine rings is 1. The highest BCUT2D eigenvalue weighted by Gasteiger charge is 2.30. The number of fused-ring (bicyclic) bond motifs is 1. The second kappa shape index (κ2) is 8.39. The molecule has 3 aromatic heterocycles. The highest BCUT2D eigenvalue weighted by atomic mass is 35.5. The van der Waals surface area contributed by atoms with E-state index in [1.165, 1.54) is 0 Å². The van der Waals surface area contributed by atoms with Gasteiger partial charge in [-0.1, -0.05) is 28.9 Å². The molecule has 1 aliphatic rings. The summed E-state index contributed by atoms with van der Waals surface area (Å²) in [5.41, 5.74) is 3.45. The van der Waals surface area contributed by atoms with Gasteiger partial charge in [0, 0.05) is 30.2 Å². The second-order valence-corrected chi connectivity index (χ2v) is 8.76. The summed E-state index contributed by atoms with van der Waals surface area (Å²) < 4.78 is 11.4. The first-order valence-corrected chi connectivity index (χ1v) is 11.1. The fourth-order valence-corrected chi connectivity index (χ4v) is 4.57. The maximum atomic E-state index is 13.4. The lowest BCUT2D eigenvalue weighted by Crippen LogP contribution is -2.39. The number of halogens is 1. The number of amides is 1. The van der Waals surface area contributed by atoms with E-state index >= 15 is 0 Å². The van der Waals surface area contributed by atoms with E-state index in [1.807, 2.05) is 49.1 Å². The van der Waals surface area contributed by atoms with Crippen LogP contribution in [0.3, 0.4) is 0 Å². The van der Waals surface area contributed by atoms with E-state index in [2.05, 4.69) is 15.1 Å². The molecule has 1 amide bonds. The minimum atomic E-state index is -0.0396. The predicted octanol–water partition coefficient (Wildman–Crippen LogP) is 5.09. The first-order valence-electron chi connectivity index (χ1n) is 10.7. The quantitative estimate of drug-likeness (QED) is 0.430. The van der Waals surface area contributed by atoms with Gasteiger partial charge in [0.05, 0.1) is 28.8 Å². The Balaban J connectivity index is 1.35. The number of nitrogens with zero attached hydrogens (tertiary/aromatic N) is 4. The van der Waals surface area contributed by atoms with Crippen LogP contribution in [0.4, 0.5) is 0 Å². The highest BCUT2D eigenvalue weighted by molar-refractivity contribution is 6.30. The van der Waals surface area contributed by atoms with Crippen LogP contribution in [0.25, 0.3) is 11.1 Å². The minimum absolute atomic E-state index is 0.0396. The van der Waals surface area contributed by atoms with Crippen molar-refractivity contribution >= 4 is 28.6 Å². The van der Waals surface area contributed by atoms with Gasteiger partial charge in [-0.05, 0) is 50.5 Å². The van der Waals surface area contributed by atoms with E-state index in [1.54, 1.807) is 6.20 Å². The van der Waals surface area contributed by atoms with Crippen molar-refractivity contribution < 1.29 is 13.7 Å². The summed E-state index contributed by atoms with van der Waals surface area (Å²) in [6.45, 7) is 4.93. The monoisotopic (exact) mass is 450 g/mol. The molecule has 8 heteroatoms. The molecule has 1 saturated heterocycles. The third-order valence-corrected chi connectivity index (χ3v) is 6.11. The average Bonchev–Trinajstić information content (AvgIpc) is 3.39. The summed E-state index contributed by atoms with van der Waals surface area (Å²) in [7, 11) is 0. The Bertz CT molecular complexity index is 1300. The molecular weight excluding hydrogens is 428 g/mol. The van der Waals surface area contributed by atoms with E-state index in [4.69, 9.17) is 20.5 Å². The van der Waals surface area contributed by atoms with Gasteiger partial charge in [0.25, 0.3) is 11.6 Å². The first-order chi connectivity index (χ1) is 15.5. The van der Waals surface area contributed by atoms with Crippen LogP contribution in [0.2, 0.25) is 5.02 Å². The van der Waals surface area contributed by atoms with Crippen LogP contribution in [0.1, 0.15) is 57.7 Å². The Kier molecular flexibility index (Phi) is 5.43. The first kappa shape index (κ1) is 20.7. The fourth-order valence-electron chi connectivity index (χ4n) is 4.36. The molecule has 0 radical (unpaired) electrons. The summed E-state index contributed by atoms with van der Waals surface area (Å²) in [5, 5.41) is 5.37. The summed E-state index contributed by atoms with van der Waals surface area (Å²) in [6.07, 6.45) is 4.22. The van der Waals surface area contributed by atoms with Gasteiger partial charge in [-0.25, -0.2) is 9.97 Å². The fraction of sp³-hybridized carbons (Fsp3) is 0.333. The molecule has 0 aliphatic carbocycles. The van der Waals surface area contributed by atoms with Gasteiger partial charge in [0.15, 0.2) is 5.89 Å². The maximum absolute atomic E-state index is 13.4. The second-order valence-electron chi connectivity index (χ2n) is 8.32. The molecule has 1 atom stereocenters. The number of oxazole rings is 1. The van der Waals surface area contributed by atoms with Crippen LogP contribution in [-0.4, -0.2) is 39.0 Å². The smallest absolute Gasteiger partial charge is 0.258 e. The number of benzene rings is 1. The maximum Gasteiger partial charge on any atom is 0.258 e. The number of likely N-dealkylation sites (tertiary alicyclic amines) is 1. The molecule has 1 aromatic carbocycles. The normalized spacial score (nSPS) is 16.6. The van der Waals surface area contributed by atoms with Gasteiger partial charge in [0.2, 0.25) is 0 Å². The number of rotatable bonds is 4. The van der Waals surface area contributed by atoms with Crippen molar-refractivity contribution in [3.63, 3.8) is 0 Å². The van der Waals surface area contributed by atoms with E-state index in [9.17, 15) is 4.79 Å². The Morgan fingerprint density at radius 1 is 1.28 bits per heavy atom. The number of aromatic nitrogens is 3. The molecule has 7 nitrogen and oxygen atoms in total. The average molecular weight is 451 g/mol. The largest absolute Gasteiger partial charge is 0.445 e. The zero-order valence-corrected chi connectivity index (χ0v) is 18.7.